The van der Waals surface area contributed by atoms with Crippen molar-refractivity contribution in [2.75, 3.05) is 25.0 Å². The Bertz CT molecular complexity index is 958. The number of hydrogen-bond acceptors (Lipinski definition) is 3. The fourth-order valence-corrected chi connectivity index (χ4v) is 6.02. The van der Waals surface area contributed by atoms with Gasteiger partial charge in [0, 0.05) is 29.7 Å². The molecule has 5 nitrogen and oxygen atoms in total. The second-order valence-electron chi connectivity index (χ2n) is 9.49. The summed E-state index contributed by atoms with van der Waals surface area (Å²) in [6, 6.07) is 7.91. The molecule has 1 aliphatic heterocycles. The van der Waals surface area contributed by atoms with Gasteiger partial charge in [-0.05, 0) is 55.4 Å². The number of anilines is 1. The predicted octanol–water partition coefficient (Wildman–Crippen LogP) is 4.09. The third-order valence-corrected chi connectivity index (χ3v) is 8.23. The van der Waals surface area contributed by atoms with E-state index in [0.29, 0.717) is 11.6 Å². The highest BCUT2D eigenvalue weighted by Gasteiger charge is 2.37. The molecule has 1 amide bonds. The van der Waals surface area contributed by atoms with Crippen LogP contribution in [0.1, 0.15) is 55.1 Å². The first kappa shape index (κ1) is 22.9. The molecule has 4 rings (SSSR count). The molecule has 1 aromatic heterocycles. The van der Waals surface area contributed by atoms with Crippen molar-refractivity contribution in [1.82, 2.24) is 0 Å². The summed E-state index contributed by atoms with van der Waals surface area (Å²) in [5.74, 6) is -0.685. The van der Waals surface area contributed by atoms with Crippen molar-refractivity contribution in [3.8, 4) is 10.4 Å². The first-order chi connectivity index (χ1) is 15.3. The average molecular weight is 460 g/mol. The van der Waals surface area contributed by atoms with Crippen LogP contribution in [0.2, 0.25) is 0 Å². The molecule has 1 aliphatic carbocycles. The number of amides is 1. The van der Waals surface area contributed by atoms with E-state index in [0.717, 1.165) is 73.4 Å². The number of halogens is 1. The lowest BCUT2D eigenvalue weighted by Crippen LogP contribution is -3.10. The normalized spacial score (nSPS) is 26.0. The Labute approximate surface area is 192 Å². The number of carboxylic acids is 1. The highest BCUT2D eigenvalue weighted by Crippen LogP contribution is 2.40. The van der Waals surface area contributed by atoms with E-state index < -0.39 is 5.97 Å². The van der Waals surface area contributed by atoms with Crippen molar-refractivity contribution in [2.24, 2.45) is 11.8 Å². The van der Waals surface area contributed by atoms with Crippen LogP contribution in [0.25, 0.3) is 10.4 Å². The molecule has 7 heteroatoms. The highest BCUT2D eigenvalue weighted by atomic mass is 32.1. The van der Waals surface area contributed by atoms with Gasteiger partial charge in [-0.1, -0.05) is 19.1 Å². The molecule has 0 radical (unpaired) electrons. The topological polar surface area (TPSA) is 62.0 Å². The van der Waals surface area contributed by atoms with Crippen LogP contribution in [0.5, 0.6) is 0 Å². The highest BCUT2D eigenvalue weighted by molar-refractivity contribution is 7.18. The van der Waals surface area contributed by atoms with E-state index in [1.165, 1.54) is 17.0 Å². The van der Waals surface area contributed by atoms with Crippen molar-refractivity contribution in [3.63, 3.8) is 0 Å². The maximum atomic E-state index is 13.8. The number of benzene rings is 1. The van der Waals surface area contributed by atoms with E-state index in [4.69, 9.17) is 0 Å². The SMILES string of the molecule is CC1CCC(C(=O)N(c2cc(-c3ccc(F)cc3)sc2C(=O)O)C2CC[NH+](C)CC2)CC1. The number of rotatable bonds is 5. The van der Waals surface area contributed by atoms with Crippen LogP contribution in [0.4, 0.5) is 10.1 Å². The second kappa shape index (κ2) is 9.71. The molecule has 1 aromatic carbocycles. The van der Waals surface area contributed by atoms with Gasteiger partial charge >= 0.3 is 5.97 Å². The Balaban J connectivity index is 1.73. The Morgan fingerprint density at radius 2 is 1.69 bits per heavy atom. The van der Waals surface area contributed by atoms with Gasteiger partial charge in [-0.25, -0.2) is 9.18 Å². The van der Waals surface area contributed by atoms with E-state index in [-0.39, 0.29) is 28.6 Å². The van der Waals surface area contributed by atoms with E-state index in [9.17, 15) is 19.1 Å². The molecule has 2 aliphatic rings. The van der Waals surface area contributed by atoms with Crippen LogP contribution in [0, 0.1) is 17.7 Å². The van der Waals surface area contributed by atoms with Crippen LogP contribution in [-0.2, 0) is 4.79 Å². The number of carbonyl (C=O) groups is 2. The van der Waals surface area contributed by atoms with Gasteiger partial charge in [0.05, 0.1) is 25.8 Å². The molecule has 0 spiro atoms. The first-order valence-electron chi connectivity index (χ1n) is 11.6. The van der Waals surface area contributed by atoms with Gasteiger partial charge < -0.3 is 14.9 Å². The van der Waals surface area contributed by atoms with Crippen molar-refractivity contribution in [3.05, 3.63) is 41.0 Å². The first-order valence-corrected chi connectivity index (χ1v) is 12.4. The van der Waals surface area contributed by atoms with Crippen molar-refractivity contribution < 1.29 is 24.0 Å². The number of quaternary nitrogens is 1. The number of piperidine rings is 1. The van der Waals surface area contributed by atoms with Crippen LogP contribution >= 0.6 is 11.3 Å². The molecular weight excluding hydrogens is 427 g/mol. The molecule has 0 atom stereocenters. The smallest absolute Gasteiger partial charge is 0.348 e. The van der Waals surface area contributed by atoms with E-state index in [1.54, 1.807) is 12.1 Å². The predicted molar refractivity (Wildman–Crippen MR) is 125 cm³/mol. The second-order valence-corrected chi connectivity index (χ2v) is 10.5. The Kier molecular flexibility index (Phi) is 6.96. The minimum Gasteiger partial charge on any atom is -0.477 e. The third kappa shape index (κ3) is 4.89. The molecule has 0 unspecified atom stereocenters. The molecule has 1 saturated carbocycles. The minimum absolute atomic E-state index is 0.0133. The van der Waals surface area contributed by atoms with Gasteiger partial charge in [0.1, 0.15) is 10.7 Å². The van der Waals surface area contributed by atoms with E-state index in [1.807, 2.05) is 11.0 Å². The molecule has 2 fully saturated rings. The van der Waals surface area contributed by atoms with Crippen LogP contribution in [-0.4, -0.2) is 43.2 Å². The minimum atomic E-state index is -1.02. The molecule has 2 heterocycles. The standard InChI is InChI=1S/C25H31FN2O3S/c1-16-3-5-18(6-4-16)24(29)28(20-11-13-27(2)14-12-20)21-15-22(32-23(21)25(30)31)17-7-9-19(26)10-8-17/h7-10,15-16,18,20H,3-6,11-14H2,1-2H3,(H,30,31)/p+1. The lowest BCUT2D eigenvalue weighted by molar-refractivity contribution is -0.884. The summed E-state index contributed by atoms with van der Waals surface area (Å²) in [7, 11) is 2.16. The zero-order chi connectivity index (χ0) is 22.8. The number of aromatic carboxylic acids is 1. The maximum absolute atomic E-state index is 13.8. The van der Waals surface area contributed by atoms with Gasteiger partial charge in [-0.3, -0.25) is 4.79 Å². The summed E-state index contributed by atoms with van der Waals surface area (Å²) in [6.07, 6.45) is 5.54. The van der Waals surface area contributed by atoms with Gasteiger partial charge in [-0.2, -0.15) is 0 Å². The van der Waals surface area contributed by atoms with Gasteiger partial charge in [0.2, 0.25) is 5.91 Å². The van der Waals surface area contributed by atoms with E-state index >= 15 is 0 Å². The lowest BCUT2D eigenvalue weighted by Gasteiger charge is -2.38. The van der Waals surface area contributed by atoms with Gasteiger partial charge in [0.15, 0.2) is 0 Å². The summed E-state index contributed by atoms with van der Waals surface area (Å²) in [6.45, 7) is 4.16. The number of carboxylic acid groups (broad SMARTS) is 1. The van der Waals surface area contributed by atoms with Crippen molar-refractivity contribution in [2.45, 2.75) is 51.5 Å². The monoisotopic (exact) mass is 459 g/mol. The zero-order valence-electron chi connectivity index (χ0n) is 18.8. The number of nitrogens with zero attached hydrogens (tertiary/aromatic N) is 1. The van der Waals surface area contributed by atoms with Crippen LogP contribution < -0.4 is 9.80 Å². The van der Waals surface area contributed by atoms with Crippen LogP contribution in [0.3, 0.4) is 0 Å². The van der Waals surface area contributed by atoms with Gasteiger partial charge in [-0.15, -0.1) is 11.3 Å². The molecule has 2 N–H and O–H groups in total. The molecule has 172 valence electrons. The Morgan fingerprint density at radius 3 is 2.28 bits per heavy atom. The molecular formula is C25H32FN2O3S+. The number of thiophene rings is 1. The number of carbonyl (C=O) groups excluding carboxylic acids is 1. The Hall–Kier alpha value is -2.25. The maximum Gasteiger partial charge on any atom is 0.348 e. The largest absolute Gasteiger partial charge is 0.477 e. The van der Waals surface area contributed by atoms with E-state index in [2.05, 4.69) is 14.0 Å². The summed E-state index contributed by atoms with van der Waals surface area (Å²) >= 11 is 1.16. The fourth-order valence-electron chi connectivity index (χ4n) is 5.02. The molecule has 32 heavy (non-hydrogen) atoms. The molecule has 2 aromatic rings. The lowest BCUT2D eigenvalue weighted by atomic mass is 9.82. The molecule has 0 bridgehead atoms. The average Bonchev–Trinajstić information content (AvgIpc) is 3.21. The van der Waals surface area contributed by atoms with Crippen molar-refractivity contribution in [1.29, 1.82) is 0 Å². The summed E-state index contributed by atoms with van der Waals surface area (Å²) < 4.78 is 13.4. The number of likely N-dealkylation sites (tertiary alicyclic amines) is 1. The quantitative estimate of drug-likeness (QED) is 0.708. The number of nitrogens with one attached hydrogen (secondary N) is 1. The number of hydrogen-bond donors (Lipinski definition) is 2. The zero-order valence-corrected chi connectivity index (χ0v) is 19.6. The van der Waals surface area contributed by atoms with Crippen LogP contribution in [0.15, 0.2) is 30.3 Å². The summed E-state index contributed by atoms with van der Waals surface area (Å²) in [5, 5.41) is 9.99. The molecule has 1 saturated heterocycles. The van der Waals surface area contributed by atoms with Crippen molar-refractivity contribution >= 4 is 28.9 Å². The summed E-state index contributed by atoms with van der Waals surface area (Å²) in [5.41, 5.74) is 1.27. The Morgan fingerprint density at radius 1 is 1.06 bits per heavy atom. The van der Waals surface area contributed by atoms with Gasteiger partial charge in [0.25, 0.3) is 0 Å². The summed E-state index contributed by atoms with van der Waals surface area (Å²) in [4.78, 5) is 30.2. The fraction of sp³-hybridized carbons (Fsp3) is 0.520. The third-order valence-electron chi connectivity index (χ3n) is 7.07.